The summed E-state index contributed by atoms with van der Waals surface area (Å²) < 4.78 is 16.9. The lowest BCUT2D eigenvalue weighted by atomic mass is 9.81. The van der Waals surface area contributed by atoms with Crippen molar-refractivity contribution < 1.29 is 24.1 Å². The van der Waals surface area contributed by atoms with Gasteiger partial charge >= 0.3 is 5.97 Å². The fraction of sp³-hybridized carbons (Fsp3) is 0.400. The zero-order chi connectivity index (χ0) is 28.4. The van der Waals surface area contributed by atoms with Gasteiger partial charge in [-0.05, 0) is 49.7 Å². The summed E-state index contributed by atoms with van der Waals surface area (Å²) in [7, 11) is 0. The molecule has 39 heavy (non-hydrogen) atoms. The highest BCUT2D eigenvalue weighted by Gasteiger charge is 2.35. The van der Waals surface area contributed by atoms with Crippen molar-refractivity contribution in [1.29, 1.82) is 5.26 Å². The Hall–Kier alpha value is -3.51. The molecule has 0 spiro atoms. The van der Waals surface area contributed by atoms with Gasteiger partial charge in [-0.25, -0.2) is 4.79 Å². The average molecular weight is 554 g/mol. The average Bonchev–Trinajstić information content (AvgIpc) is 2.91. The van der Waals surface area contributed by atoms with Crippen molar-refractivity contribution in [1.82, 2.24) is 10.6 Å². The van der Waals surface area contributed by atoms with Crippen LogP contribution in [0, 0.1) is 11.3 Å². The molecule has 9 heteroatoms. The normalized spacial score (nSPS) is 16.0. The first-order chi connectivity index (χ1) is 18.7. The molecule has 2 aromatic rings. The van der Waals surface area contributed by atoms with E-state index in [0.29, 0.717) is 70.2 Å². The number of nitrogens with zero attached hydrogens (tertiary/aromatic N) is 1. The SMILES string of the molecule is CC1=C(C#N)C(c2ccccc2Cl)C(C(=O)OCCCOc2ccc(OCC(O)CNC(C)C)cc2)=C(C)N1. The molecule has 3 N–H and O–H groups in total. The Labute approximate surface area is 235 Å². The number of hydrogen-bond donors (Lipinski definition) is 3. The molecule has 0 amide bonds. The van der Waals surface area contributed by atoms with Gasteiger partial charge in [-0.3, -0.25) is 0 Å². The summed E-state index contributed by atoms with van der Waals surface area (Å²) in [6.07, 6.45) is -0.114. The van der Waals surface area contributed by atoms with Crippen LogP contribution in [0.2, 0.25) is 5.02 Å². The topological polar surface area (TPSA) is 113 Å². The lowest BCUT2D eigenvalue weighted by Crippen LogP contribution is -2.35. The molecule has 0 aromatic heterocycles. The van der Waals surface area contributed by atoms with Crippen molar-refractivity contribution >= 4 is 17.6 Å². The Morgan fingerprint density at radius 3 is 2.38 bits per heavy atom. The maximum Gasteiger partial charge on any atom is 0.336 e. The number of aliphatic hydroxyl groups is 1. The molecular weight excluding hydrogens is 518 g/mol. The Balaban J connectivity index is 1.49. The zero-order valence-corrected chi connectivity index (χ0v) is 23.5. The number of hydrogen-bond acceptors (Lipinski definition) is 8. The Kier molecular flexibility index (Phi) is 11.2. The van der Waals surface area contributed by atoms with E-state index in [9.17, 15) is 15.2 Å². The minimum absolute atomic E-state index is 0.152. The zero-order valence-electron chi connectivity index (χ0n) is 22.8. The van der Waals surface area contributed by atoms with Gasteiger partial charge in [0, 0.05) is 35.4 Å². The number of rotatable bonds is 13. The van der Waals surface area contributed by atoms with Crippen LogP contribution in [0.3, 0.4) is 0 Å². The van der Waals surface area contributed by atoms with Crippen molar-refractivity contribution in [3.63, 3.8) is 0 Å². The summed E-state index contributed by atoms with van der Waals surface area (Å²) >= 11 is 6.45. The molecule has 1 aliphatic rings. The second-order valence-corrected chi connectivity index (χ2v) is 10.0. The van der Waals surface area contributed by atoms with Crippen LogP contribution in [0.1, 0.15) is 45.6 Å². The first-order valence-electron chi connectivity index (χ1n) is 13.0. The van der Waals surface area contributed by atoms with Crippen LogP contribution in [0.15, 0.2) is 71.1 Å². The largest absolute Gasteiger partial charge is 0.493 e. The van der Waals surface area contributed by atoms with Crippen molar-refractivity contribution in [3.8, 4) is 17.6 Å². The molecule has 8 nitrogen and oxygen atoms in total. The molecule has 1 aliphatic heterocycles. The van der Waals surface area contributed by atoms with Crippen LogP contribution < -0.4 is 20.1 Å². The molecule has 0 saturated heterocycles. The molecule has 208 valence electrons. The predicted molar refractivity (Wildman–Crippen MR) is 150 cm³/mol. The van der Waals surface area contributed by atoms with Crippen molar-refractivity contribution in [2.75, 3.05) is 26.4 Å². The van der Waals surface area contributed by atoms with Crippen molar-refractivity contribution in [3.05, 3.63) is 81.7 Å². The van der Waals surface area contributed by atoms with Crippen LogP contribution in [0.25, 0.3) is 0 Å². The monoisotopic (exact) mass is 553 g/mol. The molecule has 0 fully saturated rings. The molecule has 1 heterocycles. The fourth-order valence-corrected chi connectivity index (χ4v) is 4.42. The second kappa shape index (κ2) is 14.6. The highest BCUT2D eigenvalue weighted by atomic mass is 35.5. The number of allylic oxidation sites excluding steroid dienone is 3. The van der Waals surface area contributed by atoms with E-state index >= 15 is 0 Å². The van der Waals surface area contributed by atoms with Crippen LogP contribution in [0.5, 0.6) is 11.5 Å². The number of esters is 1. The standard InChI is InChI=1S/C30H36ClN3O5/c1-19(2)33-17-22(35)18-39-24-12-10-23(11-13-24)37-14-7-15-38-30(36)28-21(4)34-20(3)26(16-32)29(28)25-8-5-6-9-27(25)31/h5-6,8-13,19,22,29,33-35H,7,14-15,17-18H2,1-4H3. The molecular formula is C30H36ClN3O5. The number of nitriles is 1. The van der Waals surface area contributed by atoms with Crippen molar-refractivity contribution in [2.45, 2.75) is 52.2 Å². The lowest BCUT2D eigenvalue weighted by molar-refractivity contribution is -0.139. The number of aliphatic hydroxyl groups excluding tert-OH is 1. The van der Waals surface area contributed by atoms with Crippen LogP contribution in [-0.2, 0) is 9.53 Å². The minimum Gasteiger partial charge on any atom is -0.493 e. The van der Waals surface area contributed by atoms with Crippen LogP contribution >= 0.6 is 11.6 Å². The Bertz CT molecular complexity index is 1230. The summed E-state index contributed by atoms with van der Waals surface area (Å²) in [5, 5.41) is 26.6. The highest BCUT2D eigenvalue weighted by Crippen LogP contribution is 2.40. The van der Waals surface area contributed by atoms with Crippen molar-refractivity contribution in [2.24, 2.45) is 0 Å². The number of carbonyl (C=O) groups is 1. The molecule has 0 aliphatic carbocycles. The van der Waals surface area contributed by atoms with Crippen LogP contribution in [0.4, 0.5) is 0 Å². The van der Waals surface area contributed by atoms with Gasteiger partial charge in [0.2, 0.25) is 0 Å². The van der Waals surface area contributed by atoms with Gasteiger partial charge in [-0.2, -0.15) is 5.26 Å². The van der Waals surface area contributed by atoms with E-state index in [1.54, 1.807) is 44.2 Å². The maximum atomic E-state index is 13.2. The van der Waals surface area contributed by atoms with E-state index in [1.807, 2.05) is 32.0 Å². The summed E-state index contributed by atoms with van der Waals surface area (Å²) in [6.45, 7) is 8.79. The third-order valence-electron chi connectivity index (χ3n) is 6.14. The first-order valence-corrected chi connectivity index (χ1v) is 13.4. The molecule has 0 bridgehead atoms. The smallest absolute Gasteiger partial charge is 0.336 e. The van der Waals surface area contributed by atoms with Gasteiger partial charge in [0.15, 0.2) is 0 Å². The Morgan fingerprint density at radius 1 is 1.08 bits per heavy atom. The Morgan fingerprint density at radius 2 is 1.74 bits per heavy atom. The third-order valence-corrected chi connectivity index (χ3v) is 6.48. The summed E-state index contributed by atoms with van der Waals surface area (Å²) in [5.41, 5.74) is 2.79. The minimum atomic E-state index is -0.609. The quantitative estimate of drug-likeness (QED) is 0.238. The molecule has 2 aromatic carbocycles. The van der Waals surface area contributed by atoms with E-state index < -0.39 is 18.0 Å². The fourth-order valence-electron chi connectivity index (χ4n) is 4.18. The maximum absolute atomic E-state index is 13.2. The first kappa shape index (κ1) is 30.0. The lowest BCUT2D eigenvalue weighted by Gasteiger charge is -2.29. The molecule has 2 unspecified atom stereocenters. The van der Waals surface area contributed by atoms with Crippen LogP contribution in [-0.4, -0.2) is 49.6 Å². The number of dihydropyridines is 1. The van der Waals surface area contributed by atoms with E-state index in [2.05, 4.69) is 16.7 Å². The molecule has 3 rings (SSSR count). The molecule has 2 atom stereocenters. The second-order valence-electron chi connectivity index (χ2n) is 9.61. The predicted octanol–water partition coefficient (Wildman–Crippen LogP) is 4.85. The van der Waals surface area contributed by atoms with E-state index in [0.717, 1.165) is 0 Å². The number of benzene rings is 2. The van der Waals surface area contributed by atoms with Gasteiger partial charge in [-0.15, -0.1) is 0 Å². The van der Waals surface area contributed by atoms with Gasteiger partial charge in [-0.1, -0.05) is 43.6 Å². The van der Waals surface area contributed by atoms with E-state index in [1.165, 1.54) is 0 Å². The van der Waals surface area contributed by atoms with Gasteiger partial charge < -0.3 is 30.0 Å². The summed E-state index contributed by atoms with van der Waals surface area (Å²) in [4.78, 5) is 13.2. The van der Waals surface area contributed by atoms with Gasteiger partial charge in [0.25, 0.3) is 0 Å². The van der Waals surface area contributed by atoms with Gasteiger partial charge in [0.1, 0.15) is 24.2 Å². The number of carbonyl (C=O) groups excluding carboxylic acids is 1. The number of nitrogens with one attached hydrogen (secondary N) is 2. The highest BCUT2D eigenvalue weighted by molar-refractivity contribution is 6.31. The number of ether oxygens (including phenoxy) is 3. The number of halogens is 1. The van der Waals surface area contributed by atoms with Gasteiger partial charge in [0.05, 0.1) is 36.3 Å². The molecule has 0 saturated carbocycles. The van der Waals surface area contributed by atoms with E-state index in [4.69, 9.17) is 25.8 Å². The third kappa shape index (κ3) is 8.49. The van der Waals surface area contributed by atoms with E-state index in [-0.39, 0.29) is 13.2 Å². The summed E-state index contributed by atoms with van der Waals surface area (Å²) in [5.74, 6) is 0.182. The summed E-state index contributed by atoms with van der Waals surface area (Å²) in [6, 6.07) is 16.9. The molecule has 0 radical (unpaired) electrons.